The summed E-state index contributed by atoms with van der Waals surface area (Å²) in [6.07, 6.45) is 3.42. The highest BCUT2D eigenvalue weighted by atomic mass is 79.9. The Morgan fingerprint density at radius 2 is 2.00 bits per heavy atom. The van der Waals surface area contributed by atoms with E-state index in [1.165, 1.54) is 0 Å². The molecule has 0 unspecified atom stereocenters. The molecule has 0 saturated heterocycles. The number of hydrogen-bond acceptors (Lipinski definition) is 2. The van der Waals surface area contributed by atoms with Gasteiger partial charge in [0.2, 0.25) is 0 Å². The standard InChI is InChI=1S/C16H12BrN3O/c17-14-7-2-1-4-12(14)10-19-20-16(21)13-6-3-5-11-8-9-18-15(11)13/h1-10,18H,(H,20,21)/b19-10+. The molecule has 0 fully saturated rings. The van der Waals surface area contributed by atoms with Crippen LogP contribution in [0.4, 0.5) is 0 Å². The molecule has 104 valence electrons. The second kappa shape index (κ2) is 5.93. The zero-order chi connectivity index (χ0) is 14.7. The Balaban J connectivity index is 1.78. The predicted octanol–water partition coefficient (Wildman–Crippen LogP) is 3.69. The molecule has 0 saturated carbocycles. The van der Waals surface area contributed by atoms with Crippen molar-refractivity contribution in [3.8, 4) is 0 Å². The fourth-order valence-electron chi connectivity index (χ4n) is 2.07. The van der Waals surface area contributed by atoms with Crippen LogP contribution >= 0.6 is 15.9 Å². The van der Waals surface area contributed by atoms with Gasteiger partial charge in [0, 0.05) is 21.6 Å². The van der Waals surface area contributed by atoms with E-state index in [1.807, 2.05) is 48.7 Å². The van der Waals surface area contributed by atoms with Crippen molar-refractivity contribution in [1.82, 2.24) is 10.4 Å². The van der Waals surface area contributed by atoms with Gasteiger partial charge in [-0.05, 0) is 18.2 Å². The molecule has 1 amide bonds. The number of halogens is 1. The highest BCUT2D eigenvalue weighted by molar-refractivity contribution is 9.10. The van der Waals surface area contributed by atoms with Crippen molar-refractivity contribution >= 4 is 39.0 Å². The Morgan fingerprint density at radius 1 is 1.14 bits per heavy atom. The van der Waals surface area contributed by atoms with Gasteiger partial charge in [0.05, 0.1) is 17.3 Å². The van der Waals surface area contributed by atoms with Gasteiger partial charge in [-0.1, -0.05) is 46.3 Å². The normalized spacial score (nSPS) is 11.1. The maximum Gasteiger partial charge on any atom is 0.273 e. The molecule has 0 spiro atoms. The van der Waals surface area contributed by atoms with Gasteiger partial charge in [0.25, 0.3) is 5.91 Å². The lowest BCUT2D eigenvalue weighted by atomic mass is 10.1. The van der Waals surface area contributed by atoms with E-state index in [4.69, 9.17) is 0 Å². The number of carbonyl (C=O) groups excluding carboxylic acids is 1. The second-order valence-corrected chi connectivity index (χ2v) is 5.32. The van der Waals surface area contributed by atoms with Crippen molar-refractivity contribution < 1.29 is 4.79 Å². The topological polar surface area (TPSA) is 57.2 Å². The summed E-state index contributed by atoms with van der Waals surface area (Å²) in [5, 5.41) is 5.00. The van der Waals surface area contributed by atoms with E-state index >= 15 is 0 Å². The molecule has 0 aliphatic heterocycles. The lowest BCUT2D eigenvalue weighted by molar-refractivity contribution is 0.0956. The summed E-state index contributed by atoms with van der Waals surface area (Å²) in [5.74, 6) is -0.244. The van der Waals surface area contributed by atoms with E-state index in [2.05, 4.69) is 31.4 Å². The van der Waals surface area contributed by atoms with Crippen LogP contribution in [0.15, 0.2) is 64.3 Å². The molecule has 5 heteroatoms. The maximum absolute atomic E-state index is 12.2. The Bertz CT molecular complexity index is 823. The fraction of sp³-hybridized carbons (Fsp3) is 0. The van der Waals surface area contributed by atoms with Crippen molar-refractivity contribution in [2.75, 3.05) is 0 Å². The van der Waals surface area contributed by atoms with Gasteiger partial charge in [0.15, 0.2) is 0 Å². The molecule has 0 aliphatic carbocycles. The van der Waals surface area contributed by atoms with Crippen LogP contribution in [0.3, 0.4) is 0 Å². The van der Waals surface area contributed by atoms with Crippen LogP contribution in [0, 0.1) is 0 Å². The summed E-state index contributed by atoms with van der Waals surface area (Å²) in [4.78, 5) is 15.2. The molecule has 2 aromatic carbocycles. The average molecular weight is 342 g/mol. The molecule has 1 aromatic heterocycles. The van der Waals surface area contributed by atoms with Crippen LogP contribution in [0.25, 0.3) is 10.9 Å². The minimum Gasteiger partial charge on any atom is -0.361 e. The first-order chi connectivity index (χ1) is 10.3. The number of aromatic amines is 1. The fourth-order valence-corrected chi connectivity index (χ4v) is 2.46. The SMILES string of the molecule is O=C(N/N=C/c1ccccc1Br)c1cccc2cc[nH]c12. The molecular weight excluding hydrogens is 330 g/mol. The second-order valence-electron chi connectivity index (χ2n) is 4.47. The number of aromatic nitrogens is 1. The number of para-hydroxylation sites is 1. The van der Waals surface area contributed by atoms with Crippen molar-refractivity contribution in [3.63, 3.8) is 0 Å². The van der Waals surface area contributed by atoms with E-state index in [9.17, 15) is 4.79 Å². The largest absolute Gasteiger partial charge is 0.361 e. The number of H-pyrrole nitrogens is 1. The predicted molar refractivity (Wildman–Crippen MR) is 87.5 cm³/mol. The van der Waals surface area contributed by atoms with Crippen LogP contribution in [0.5, 0.6) is 0 Å². The first-order valence-corrected chi connectivity index (χ1v) is 7.19. The smallest absolute Gasteiger partial charge is 0.273 e. The van der Waals surface area contributed by atoms with Gasteiger partial charge in [-0.25, -0.2) is 5.43 Å². The minimum absolute atomic E-state index is 0.244. The Kier molecular flexibility index (Phi) is 3.83. The monoisotopic (exact) mass is 341 g/mol. The number of amides is 1. The Labute approximate surface area is 130 Å². The summed E-state index contributed by atoms with van der Waals surface area (Å²) in [6, 6.07) is 15.2. The van der Waals surface area contributed by atoms with Crippen LogP contribution in [0.2, 0.25) is 0 Å². The zero-order valence-corrected chi connectivity index (χ0v) is 12.6. The van der Waals surface area contributed by atoms with Gasteiger partial charge >= 0.3 is 0 Å². The van der Waals surface area contributed by atoms with Crippen LogP contribution < -0.4 is 5.43 Å². The first kappa shape index (κ1) is 13.6. The molecule has 1 heterocycles. The minimum atomic E-state index is -0.244. The number of fused-ring (bicyclic) bond motifs is 1. The highest BCUT2D eigenvalue weighted by Crippen LogP contribution is 2.17. The van der Waals surface area contributed by atoms with Crippen LogP contribution in [-0.2, 0) is 0 Å². The number of nitrogens with one attached hydrogen (secondary N) is 2. The number of benzene rings is 2. The van der Waals surface area contributed by atoms with Gasteiger partial charge in [-0.15, -0.1) is 0 Å². The van der Waals surface area contributed by atoms with E-state index in [1.54, 1.807) is 12.3 Å². The molecule has 2 N–H and O–H groups in total. The lowest BCUT2D eigenvalue weighted by Crippen LogP contribution is -2.18. The molecule has 21 heavy (non-hydrogen) atoms. The summed E-state index contributed by atoms with van der Waals surface area (Å²) in [6.45, 7) is 0. The number of hydrogen-bond donors (Lipinski definition) is 2. The quantitative estimate of drug-likeness (QED) is 0.553. The average Bonchev–Trinajstić information content (AvgIpc) is 2.97. The first-order valence-electron chi connectivity index (χ1n) is 6.40. The third-order valence-corrected chi connectivity index (χ3v) is 3.83. The molecule has 4 nitrogen and oxygen atoms in total. The molecule has 3 rings (SSSR count). The summed E-state index contributed by atoms with van der Waals surface area (Å²) >= 11 is 3.43. The third kappa shape index (κ3) is 2.87. The van der Waals surface area contributed by atoms with Crippen molar-refractivity contribution in [3.05, 3.63) is 70.3 Å². The van der Waals surface area contributed by atoms with Crippen LogP contribution in [-0.4, -0.2) is 17.1 Å². The Morgan fingerprint density at radius 3 is 2.86 bits per heavy atom. The van der Waals surface area contributed by atoms with E-state index in [0.717, 1.165) is 20.9 Å². The molecule has 0 bridgehead atoms. The molecule has 0 aliphatic rings. The van der Waals surface area contributed by atoms with E-state index in [0.29, 0.717) is 5.56 Å². The van der Waals surface area contributed by atoms with Crippen molar-refractivity contribution in [2.24, 2.45) is 5.10 Å². The van der Waals surface area contributed by atoms with Crippen molar-refractivity contribution in [2.45, 2.75) is 0 Å². The van der Waals surface area contributed by atoms with Gasteiger partial charge in [-0.2, -0.15) is 5.10 Å². The molecule has 0 radical (unpaired) electrons. The van der Waals surface area contributed by atoms with E-state index in [-0.39, 0.29) is 5.91 Å². The maximum atomic E-state index is 12.2. The van der Waals surface area contributed by atoms with Crippen LogP contribution in [0.1, 0.15) is 15.9 Å². The number of rotatable bonds is 3. The number of nitrogens with zero attached hydrogens (tertiary/aromatic N) is 1. The zero-order valence-electron chi connectivity index (χ0n) is 11.0. The lowest BCUT2D eigenvalue weighted by Gasteiger charge is -2.02. The Hall–Kier alpha value is -2.40. The number of hydrazone groups is 1. The van der Waals surface area contributed by atoms with Gasteiger partial charge in [-0.3, -0.25) is 4.79 Å². The molecule has 3 aromatic rings. The third-order valence-electron chi connectivity index (χ3n) is 3.11. The summed E-state index contributed by atoms with van der Waals surface area (Å²) < 4.78 is 0.925. The summed E-state index contributed by atoms with van der Waals surface area (Å²) in [7, 11) is 0. The van der Waals surface area contributed by atoms with E-state index < -0.39 is 0 Å². The number of carbonyl (C=O) groups is 1. The van der Waals surface area contributed by atoms with Gasteiger partial charge < -0.3 is 4.98 Å². The summed E-state index contributed by atoms with van der Waals surface area (Å²) in [5.41, 5.74) is 4.83. The molecular formula is C16H12BrN3O. The van der Waals surface area contributed by atoms with Crippen molar-refractivity contribution in [1.29, 1.82) is 0 Å². The highest BCUT2D eigenvalue weighted by Gasteiger charge is 2.09. The molecule has 0 atom stereocenters. The van der Waals surface area contributed by atoms with Gasteiger partial charge in [0.1, 0.15) is 0 Å².